The molecule has 22 heavy (non-hydrogen) atoms. The number of rotatable bonds is 1. The molecule has 0 N–H and O–H groups in total. The average Bonchev–Trinajstić information content (AvgIpc) is 2.55. The topological polar surface area (TPSA) is 68.9 Å². The van der Waals surface area contributed by atoms with E-state index in [-0.39, 0.29) is 5.43 Å². The van der Waals surface area contributed by atoms with Crippen molar-refractivity contribution in [2.45, 2.75) is 6.92 Å². The Kier molecular flexibility index (Phi) is 2.72. The third-order valence-electron chi connectivity index (χ3n) is 3.59. The largest absolute Gasteiger partial charge is 0.456 e. The first-order valence-corrected chi connectivity index (χ1v) is 6.81. The van der Waals surface area contributed by atoms with Gasteiger partial charge in [-0.1, -0.05) is 6.07 Å². The Hall–Kier alpha value is -3.08. The van der Waals surface area contributed by atoms with Gasteiger partial charge in [-0.3, -0.25) is 9.78 Å². The SMILES string of the molecule is Cc1cc2oc3ccc(-c4cncnc4)cc3c(=O)c2cn1. The van der Waals surface area contributed by atoms with E-state index in [0.717, 1.165) is 16.8 Å². The molecule has 0 saturated heterocycles. The summed E-state index contributed by atoms with van der Waals surface area (Å²) in [6.45, 7) is 1.86. The molecule has 0 radical (unpaired) electrons. The van der Waals surface area contributed by atoms with E-state index >= 15 is 0 Å². The van der Waals surface area contributed by atoms with Crippen LogP contribution in [0.5, 0.6) is 0 Å². The van der Waals surface area contributed by atoms with Gasteiger partial charge < -0.3 is 4.42 Å². The monoisotopic (exact) mass is 289 g/mol. The standard InChI is InChI=1S/C17H11N3O2/c1-10-4-16-14(8-20-10)17(21)13-5-11(2-3-15(13)22-16)12-6-18-9-19-7-12/h2-9H,1H3. The minimum atomic E-state index is -0.0811. The van der Waals surface area contributed by atoms with Crippen LogP contribution in [0, 0.1) is 6.92 Å². The molecule has 4 aromatic rings. The molecule has 0 bridgehead atoms. The van der Waals surface area contributed by atoms with Gasteiger partial charge in [0.1, 0.15) is 17.5 Å². The van der Waals surface area contributed by atoms with E-state index in [1.807, 2.05) is 13.0 Å². The molecule has 0 aliphatic carbocycles. The van der Waals surface area contributed by atoms with Gasteiger partial charge in [-0.2, -0.15) is 0 Å². The number of benzene rings is 1. The summed E-state index contributed by atoms with van der Waals surface area (Å²) in [5, 5.41) is 1.01. The molecule has 0 aliphatic rings. The van der Waals surface area contributed by atoms with Gasteiger partial charge in [-0.05, 0) is 24.6 Å². The maximum absolute atomic E-state index is 12.7. The second kappa shape index (κ2) is 4.73. The number of hydrogen-bond donors (Lipinski definition) is 0. The second-order valence-corrected chi connectivity index (χ2v) is 5.09. The van der Waals surface area contributed by atoms with E-state index in [0.29, 0.717) is 21.9 Å². The van der Waals surface area contributed by atoms with Gasteiger partial charge in [0.05, 0.1) is 10.8 Å². The summed E-state index contributed by atoms with van der Waals surface area (Å²) in [5.41, 5.74) is 3.57. The molecule has 0 fully saturated rings. The number of pyridine rings is 1. The molecule has 5 heteroatoms. The van der Waals surface area contributed by atoms with Crippen LogP contribution in [0.2, 0.25) is 0 Å². The summed E-state index contributed by atoms with van der Waals surface area (Å²) < 4.78 is 5.83. The van der Waals surface area contributed by atoms with E-state index in [1.165, 1.54) is 6.33 Å². The minimum absolute atomic E-state index is 0.0811. The fraction of sp³-hybridized carbons (Fsp3) is 0.0588. The first-order valence-electron chi connectivity index (χ1n) is 6.81. The lowest BCUT2D eigenvalue weighted by Crippen LogP contribution is -2.03. The number of nitrogens with zero attached hydrogens (tertiary/aromatic N) is 3. The second-order valence-electron chi connectivity index (χ2n) is 5.09. The van der Waals surface area contributed by atoms with E-state index in [1.54, 1.807) is 36.8 Å². The Bertz CT molecular complexity index is 1060. The van der Waals surface area contributed by atoms with Gasteiger partial charge in [0.15, 0.2) is 0 Å². The third kappa shape index (κ3) is 1.95. The highest BCUT2D eigenvalue weighted by molar-refractivity contribution is 5.91. The van der Waals surface area contributed by atoms with E-state index < -0.39 is 0 Å². The Morgan fingerprint density at radius 2 is 1.73 bits per heavy atom. The molecule has 0 saturated carbocycles. The summed E-state index contributed by atoms with van der Waals surface area (Å²) in [5.74, 6) is 0. The quantitative estimate of drug-likeness (QED) is 0.504. The van der Waals surface area contributed by atoms with E-state index in [2.05, 4.69) is 15.0 Å². The smallest absolute Gasteiger partial charge is 0.202 e. The van der Waals surface area contributed by atoms with Gasteiger partial charge in [0.2, 0.25) is 5.43 Å². The van der Waals surface area contributed by atoms with Crippen LogP contribution in [-0.4, -0.2) is 15.0 Å². The third-order valence-corrected chi connectivity index (χ3v) is 3.59. The lowest BCUT2D eigenvalue weighted by atomic mass is 10.1. The maximum Gasteiger partial charge on any atom is 0.202 e. The number of hydrogen-bond acceptors (Lipinski definition) is 5. The first kappa shape index (κ1) is 12.6. The lowest BCUT2D eigenvalue weighted by molar-refractivity contribution is 0.658. The molecule has 106 valence electrons. The molecule has 4 rings (SSSR count). The zero-order chi connectivity index (χ0) is 15.1. The summed E-state index contributed by atoms with van der Waals surface area (Å²) in [7, 11) is 0. The van der Waals surface area contributed by atoms with Gasteiger partial charge in [-0.15, -0.1) is 0 Å². The minimum Gasteiger partial charge on any atom is -0.456 e. The summed E-state index contributed by atoms with van der Waals surface area (Å²) in [6.07, 6.45) is 6.46. The highest BCUT2D eigenvalue weighted by Gasteiger charge is 2.10. The summed E-state index contributed by atoms with van der Waals surface area (Å²) in [6, 6.07) is 7.27. The Balaban J connectivity index is 2.04. The Morgan fingerprint density at radius 3 is 2.55 bits per heavy atom. The fourth-order valence-corrected chi connectivity index (χ4v) is 2.48. The molecular formula is C17H11N3O2. The van der Waals surface area contributed by atoms with Crippen LogP contribution in [0.1, 0.15) is 5.69 Å². The van der Waals surface area contributed by atoms with Gasteiger partial charge >= 0.3 is 0 Å². The van der Waals surface area contributed by atoms with Crippen molar-refractivity contribution in [1.29, 1.82) is 0 Å². The number of aryl methyl sites for hydroxylation is 1. The first-order chi connectivity index (χ1) is 10.7. The predicted molar refractivity (Wildman–Crippen MR) is 83.5 cm³/mol. The van der Waals surface area contributed by atoms with Crippen molar-refractivity contribution in [3.8, 4) is 11.1 Å². The van der Waals surface area contributed by atoms with E-state index in [4.69, 9.17) is 4.42 Å². The van der Waals surface area contributed by atoms with Gasteiger partial charge in [-0.25, -0.2) is 9.97 Å². The molecule has 0 amide bonds. The van der Waals surface area contributed by atoms with Crippen molar-refractivity contribution < 1.29 is 4.42 Å². The highest BCUT2D eigenvalue weighted by Crippen LogP contribution is 2.24. The van der Waals surface area contributed by atoms with Crippen LogP contribution in [0.25, 0.3) is 33.1 Å². The molecule has 0 spiro atoms. The molecule has 5 nitrogen and oxygen atoms in total. The highest BCUT2D eigenvalue weighted by atomic mass is 16.3. The fourth-order valence-electron chi connectivity index (χ4n) is 2.48. The van der Waals surface area contributed by atoms with Crippen LogP contribution in [0.3, 0.4) is 0 Å². The zero-order valence-electron chi connectivity index (χ0n) is 11.8. The molecule has 1 aromatic carbocycles. The van der Waals surface area contributed by atoms with E-state index in [9.17, 15) is 4.79 Å². The Morgan fingerprint density at radius 1 is 0.909 bits per heavy atom. The summed E-state index contributed by atoms with van der Waals surface area (Å²) in [4.78, 5) is 24.8. The average molecular weight is 289 g/mol. The normalized spacial score (nSPS) is 11.1. The molecule has 0 unspecified atom stereocenters. The lowest BCUT2D eigenvalue weighted by Gasteiger charge is -2.04. The van der Waals surface area contributed by atoms with Crippen molar-refractivity contribution in [3.05, 3.63) is 65.1 Å². The molecular weight excluding hydrogens is 278 g/mol. The van der Waals surface area contributed by atoms with Crippen LogP contribution in [0.15, 0.2) is 58.4 Å². The van der Waals surface area contributed by atoms with Crippen molar-refractivity contribution in [3.63, 3.8) is 0 Å². The van der Waals surface area contributed by atoms with Crippen LogP contribution < -0.4 is 5.43 Å². The molecule has 0 aliphatic heterocycles. The van der Waals surface area contributed by atoms with Crippen molar-refractivity contribution in [2.75, 3.05) is 0 Å². The summed E-state index contributed by atoms with van der Waals surface area (Å²) >= 11 is 0. The van der Waals surface area contributed by atoms with Crippen molar-refractivity contribution in [1.82, 2.24) is 15.0 Å². The Labute approximate surface area is 125 Å². The van der Waals surface area contributed by atoms with Gasteiger partial charge in [0, 0.05) is 35.9 Å². The number of fused-ring (bicyclic) bond motifs is 2. The van der Waals surface area contributed by atoms with Crippen LogP contribution >= 0.6 is 0 Å². The van der Waals surface area contributed by atoms with Crippen molar-refractivity contribution >= 4 is 21.9 Å². The van der Waals surface area contributed by atoms with Gasteiger partial charge in [0.25, 0.3) is 0 Å². The van der Waals surface area contributed by atoms with Crippen molar-refractivity contribution in [2.24, 2.45) is 0 Å². The molecule has 0 atom stereocenters. The molecule has 3 heterocycles. The molecule has 3 aromatic heterocycles. The van der Waals surface area contributed by atoms with Crippen LogP contribution in [-0.2, 0) is 0 Å². The number of aromatic nitrogens is 3. The zero-order valence-corrected chi connectivity index (χ0v) is 11.8. The maximum atomic E-state index is 12.7. The predicted octanol–water partition coefficient (Wildman–Crippen LogP) is 3.11. The van der Waals surface area contributed by atoms with Crippen LogP contribution in [0.4, 0.5) is 0 Å².